The number of carbonyl (C=O) groups excluding carboxylic acids is 1. The van der Waals surface area contributed by atoms with Crippen molar-refractivity contribution in [2.45, 2.75) is 20.0 Å². The van der Waals surface area contributed by atoms with E-state index in [1.807, 2.05) is 55.5 Å². The number of aryl methyl sites for hydroxylation is 1. The third kappa shape index (κ3) is 4.37. The molecule has 1 amide bonds. The van der Waals surface area contributed by atoms with Crippen LogP contribution in [-0.2, 0) is 13.0 Å². The summed E-state index contributed by atoms with van der Waals surface area (Å²) in [6.45, 7) is 2.59. The van der Waals surface area contributed by atoms with Crippen molar-refractivity contribution in [1.82, 2.24) is 15.3 Å². The lowest BCUT2D eigenvalue weighted by molar-refractivity contribution is 0.0950. The van der Waals surface area contributed by atoms with Gasteiger partial charge in [-0.15, -0.1) is 0 Å². The summed E-state index contributed by atoms with van der Waals surface area (Å²) in [5.74, 6) is -0.796. The molecule has 7 heteroatoms. The maximum atomic E-state index is 14.0. The second kappa shape index (κ2) is 9.02. The first kappa shape index (κ1) is 21.7. The maximum Gasteiger partial charge on any atom is 0.267 e. The average Bonchev–Trinajstić information content (AvgIpc) is 3.39. The molecule has 0 radical (unpaired) electrons. The summed E-state index contributed by atoms with van der Waals surface area (Å²) in [5.41, 5.74) is 4.12. The Labute approximate surface area is 194 Å². The molecule has 2 heterocycles. The molecule has 0 unspecified atom stereocenters. The van der Waals surface area contributed by atoms with E-state index < -0.39 is 11.6 Å². The van der Waals surface area contributed by atoms with Crippen LogP contribution in [0.25, 0.3) is 21.8 Å². The molecule has 3 N–H and O–H groups in total. The predicted molar refractivity (Wildman–Crippen MR) is 128 cm³/mol. The number of carbonyl (C=O) groups is 1. The molecule has 0 spiro atoms. The SMILES string of the molecule is Cc1[nH]c2c(F)cc(F)cc2c1CCNC(=O)c1cc2ccc(OCc3ccccc3)cc2[nH]1. The van der Waals surface area contributed by atoms with E-state index in [0.717, 1.165) is 33.8 Å². The summed E-state index contributed by atoms with van der Waals surface area (Å²) in [5, 5.41) is 4.27. The van der Waals surface area contributed by atoms with Crippen LogP contribution in [-0.4, -0.2) is 22.4 Å². The number of halogens is 2. The average molecular weight is 459 g/mol. The fraction of sp³-hybridized carbons (Fsp3) is 0.148. The highest BCUT2D eigenvalue weighted by Gasteiger charge is 2.15. The predicted octanol–water partition coefficient (Wildman–Crippen LogP) is 5.79. The zero-order valence-electron chi connectivity index (χ0n) is 18.5. The number of amides is 1. The summed E-state index contributed by atoms with van der Waals surface area (Å²) in [4.78, 5) is 18.8. The van der Waals surface area contributed by atoms with Crippen LogP contribution in [0.5, 0.6) is 5.75 Å². The van der Waals surface area contributed by atoms with Crippen molar-refractivity contribution >= 4 is 27.7 Å². The Morgan fingerprint density at radius 1 is 1.00 bits per heavy atom. The van der Waals surface area contributed by atoms with E-state index >= 15 is 0 Å². The minimum atomic E-state index is -0.626. The molecule has 5 rings (SSSR count). The van der Waals surface area contributed by atoms with Crippen LogP contribution in [0.2, 0.25) is 0 Å². The van der Waals surface area contributed by atoms with Crippen molar-refractivity contribution in [2.24, 2.45) is 0 Å². The number of ether oxygens (including phenoxy) is 1. The smallest absolute Gasteiger partial charge is 0.267 e. The van der Waals surface area contributed by atoms with Gasteiger partial charge in [-0.25, -0.2) is 8.78 Å². The first-order chi connectivity index (χ1) is 16.5. The highest BCUT2D eigenvalue weighted by atomic mass is 19.1. The summed E-state index contributed by atoms with van der Waals surface area (Å²) in [7, 11) is 0. The Balaban J connectivity index is 1.24. The van der Waals surface area contributed by atoms with Gasteiger partial charge in [0.05, 0.1) is 5.52 Å². The fourth-order valence-electron chi connectivity index (χ4n) is 4.18. The summed E-state index contributed by atoms with van der Waals surface area (Å²) >= 11 is 0. The van der Waals surface area contributed by atoms with E-state index in [-0.39, 0.29) is 11.4 Å². The Morgan fingerprint density at radius 3 is 2.65 bits per heavy atom. The molecule has 0 aliphatic rings. The molecule has 0 saturated heterocycles. The Bertz CT molecular complexity index is 1490. The van der Waals surface area contributed by atoms with Crippen LogP contribution in [0.3, 0.4) is 0 Å². The van der Waals surface area contributed by atoms with Crippen molar-refractivity contribution in [2.75, 3.05) is 6.54 Å². The Kier molecular flexibility index (Phi) is 5.76. The van der Waals surface area contributed by atoms with Crippen molar-refractivity contribution < 1.29 is 18.3 Å². The highest BCUT2D eigenvalue weighted by molar-refractivity contribution is 5.98. The first-order valence-corrected chi connectivity index (χ1v) is 11.0. The zero-order valence-corrected chi connectivity index (χ0v) is 18.5. The number of hydrogen-bond acceptors (Lipinski definition) is 2. The molecular formula is C27H23F2N3O2. The third-order valence-corrected chi connectivity index (χ3v) is 5.89. The molecule has 0 aliphatic heterocycles. The summed E-state index contributed by atoms with van der Waals surface area (Å²) in [6, 6.07) is 19.5. The highest BCUT2D eigenvalue weighted by Crippen LogP contribution is 2.26. The van der Waals surface area contributed by atoms with Gasteiger partial charge < -0.3 is 20.0 Å². The van der Waals surface area contributed by atoms with Crippen molar-refractivity contribution in [3.63, 3.8) is 0 Å². The van der Waals surface area contributed by atoms with Gasteiger partial charge in [0.15, 0.2) is 0 Å². The molecule has 172 valence electrons. The van der Waals surface area contributed by atoms with Crippen LogP contribution in [0.4, 0.5) is 8.78 Å². The number of aromatic amines is 2. The van der Waals surface area contributed by atoms with Gasteiger partial charge in [-0.1, -0.05) is 30.3 Å². The Morgan fingerprint density at radius 2 is 1.82 bits per heavy atom. The lowest BCUT2D eigenvalue weighted by Crippen LogP contribution is -2.26. The minimum Gasteiger partial charge on any atom is -0.489 e. The fourth-order valence-corrected chi connectivity index (χ4v) is 4.18. The molecule has 0 fully saturated rings. The lowest BCUT2D eigenvalue weighted by atomic mass is 10.1. The number of fused-ring (bicyclic) bond motifs is 2. The maximum absolute atomic E-state index is 14.0. The largest absolute Gasteiger partial charge is 0.489 e. The molecule has 0 saturated carbocycles. The van der Waals surface area contributed by atoms with Crippen LogP contribution in [0.1, 0.15) is 27.3 Å². The topological polar surface area (TPSA) is 69.9 Å². The van der Waals surface area contributed by atoms with Gasteiger partial charge in [0, 0.05) is 40.7 Å². The molecule has 5 aromatic rings. The van der Waals surface area contributed by atoms with Gasteiger partial charge in [-0.2, -0.15) is 0 Å². The van der Waals surface area contributed by atoms with Crippen LogP contribution < -0.4 is 10.1 Å². The van der Waals surface area contributed by atoms with Crippen LogP contribution >= 0.6 is 0 Å². The minimum absolute atomic E-state index is 0.252. The molecule has 3 aromatic carbocycles. The number of nitrogens with one attached hydrogen (secondary N) is 3. The molecule has 0 bridgehead atoms. The second-order valence-corrected chi connectivity index (χ2v) is 8.25. The molecular weight excluding hydrogens is 436 g/mol. The van der Waals surface area contributed by atoms with Gasteiger partial charge in [0.1, 0.15) is 29.7 Å². The normalized spacial score (nSPS) is 11.3. The van der Waals surface area contributed by atoms with E-state index in [0.29, 0.717) is 36.4 Å². The lowest BCUT2D eigenvalue weighted by Gasteiger charge is -2.06. The number of hydrogen-bond donors (Lipinski definition) is 3. The van der Waals surface area contributed by atoms with Gasteiger partial charge in [0.25, 0.3) is 5.91 Å². The molecule has 5 nitrogen and oxygen atoms in total. The molecule has 0 atom stereocenters. The quantitative estimate of drug-likeness (QED) is 0.288. The zero-order chi connectivity index (χ0) is 23.7. The number of rotatable bonds is 7. The molecule has 2 aromatic heterocycles. The number of aromatic nitrogens is 2. The van der Waals surface area contributed by atoms with E-state index in [2.05, 4.69) is 15.3 Å². The van der Waals surface area contributed by atoms with Gasteiger partial charge in [-0.05, 0) is 48.7 Å². The van der Waals surface area contributed by atoms with E-state index in [1.54, 1.807) is 6.07 Å². The number of benzene rings is 3. The Hall–Kier alpha value is -4.13. The van der Waals surface area contributed by atoms with E-state index in [1.165, 1.54) is 6.07 Å². The van der Waals surface area contributed by atoms with E-state index in [9.17, 15) is 13.6 Å². The number of H-pyrrole nitrogens is 2. The molecule has 0 aliphatic carbocycles. The van der Waals surface area contributed by atoms with E-state index in [4.69, 9.17) is 4.74 Å². The van der Waals surface area contributed by atoms with Crippen LogP contribution in [0.15, 0.2) is 66.7 Å². The summed E-state index contributed by atoms with van der Waals surface area (Å²) < 4.78 is 33.6. The standard InChI is InChI=1S/C27H23F2N3O2/c1-16-21(22-12-19(28)13-23(29)26(22)31-16)9-10-30-27(33)25-11-18-7-8-20(14-24(18)32-25)34-15-17-5-3-2-4-6-17/h2-8,11-14,31-32H,9-10,15H2,1H3,(H,30,33). The van der Waals surface area contributed by atoms with Gasteiger partial charge in [-0.3, -0.25) is 4.79 Å². The third-order valence-electron chi connectivity index (χ3n) is 5.89. The first-order valence-electron chi connectivity index (χ1n) is 11.0. The van der Waals surface area contributed by atoms with Crippen LogP contribution in [0, 0.1) is 18.6 Å². The second-order valence-electron chi connectivity index (χ2n) is 8.25. The van der Waals surface area contributed by atoms with Crippen molar-refractivity contribution in [1.29, 1.82) is 0 Å². The van der Waals surface area contributed by atoms with Crippen molar-refractivity contribution in [3.8, 4) is 5.75 Å². The summed E-state index contributed by atoms with van der Waals surface area (Å²) in [6.07, 6.45) is 0.443. The van der Waals surface area contributed by atoms with Crippen molar-refractivity contribution in [3.05, 3.63) is 101 Å². The van der Waals surface area contributed by atoms with Gasteiger partial charge in [0.2, 0.25) is 0 Å². The molecule has 34 heavy (non-hydrogen) atoms. The van der Waals surface area contributed by atoms with Gasteiger partial charge >= 0.3 is 0 Å². The monoisotopic (exact) mass is 459 g/mol.